The number of nitrogens with zero attached hydrogens (tertiary/aromatic N) is 1. The van der Waals surface area contributed by atoms with Crippen LogP contribution < -0.4 is 4.74 Å². The smallest absolute Gasteiger partial charge is 0.209 e. The summed E-state index contributed by atoms with van der Waals surface area (Å²) >= 11 is 0. The monoisotopic (exact) mass is 399 g/mol. The largest absolute Gasteiger partial charge is 0.497 e. The molecule has 4 rings (SSSR count). The van der Waals surface area contributed by atoms with Crippen molar-refractivity contribution in [2.24, 2.45) is 17.3 Å². The van der Waals surface area contributed by atoms with Crippen molar-refractivity contribution in [1.29, 1.82) is 0 Å². The number of amides is 1. The highest BCUT2D eigenvalue weighted by atomic mass is 16.5. The van der Waals surface area contributed by atoms with Gasteiger partial charge in [-0.05, 0) is 98.3 Å². The third kappa shape index (κ3) is 3.69. The summed E-state index contributed by atoms with van der Waals surface area (Å²) in [5, 5.41) is 0. The highest BCUT2D eigenvalue weighted by Gasteiger charge is 2.56. The number of fused-ring (bicyclic) bond motifs is 5. The molecule has 1 aromatic rings. The standard InChI is InChI=1S/C25H37NO3/c1-4-29-15-5-14-26(17-27)24-11-10-23-22-8-6-18-16-19(28-3)7-9-20(18)21(22)12-13-25(23,24)2/h7,9,16-17,21-24H,4-6,8,10-15H2,1-3H3/t21-,22-,23+,24+,25+/m1/s1. The molecule has 0 heterocycles. The van der Waals surface area contributed by atoms with Gasteiger partial charge in [0.05, 0.1) is 7.11 Å². The number of methoxy groups -OCH3 is 1. The third-order valence-electron chi connectivity index (χ3n) is 8.33. The maximum Gasteiger partial charge on any atom is 0.209 e. The van der Waals surface area contributed by atoms with Gasteiger partial charge < -0.3 is 14.4 Å². The van der Waals surface area contributed by atoms with E-state index in [1.807, 2.05) is 6.92 Å². The van der Waals surface area contributed by atoms with E-state index < -0.39 is 0 Å². The van der Waals surface area contributed by atoms with Gasteiger partial charge in [0.25, 0.3) is 0 Å². The quantitative estimate of drug-likeness (QED) is 0.465. The van der Waals surface area contributed by atoms with Crippen LogP contribution >= 0.6 is 0 Å². The van der Waals surface area contributed by atoms with Crippen LogP contribution in [0.1, 0.15) is 69.4 Å². The summed E-state index contributed by atoms with van der Waals surface area (Å²) in [7, 11) is 1.76. The van der Waals surface area contributed by atoms with Crippen LogP contribution in [0.25, 0.3) is 0 Å². The van der Waals surface area contributed by atoms with Gasteiger partial charge in [-0.3, -0.25) is 4.79 Å². The molecule has 2 saturated carbocycles. The van der Waals surface area contributed by atoms with Gasteiger partial charge in [-0.15, -0.1) is 0 Å². The first-order valence-electron chi connectivity index (χ1n) is 11.6. The molecule has 0 aromatic heterocycles. The second-order valence-corrected chi connectivity index (χ2v) is 9.51. The van der Waals surface area contributed by atoms with Crippen LogP contribution in [0.4, 0.5) is 0 Å². The van der Waals surface area contributed by atoms with Gasteiger partial charge in [0.1, 0.15) is 5.75 Å². The Hall–Kier alpha value is -1.55. The van der Waals surface area contributed by atoms with Crippen molar-refractivity contribution in [2.45, 2.75) is 70.8 Å². The van der Waals surface area contributed by atoms with Crippen LogP contribution in [0, 0.1) is 17.3 Å². The second kappa shape index (κ2) is 8.67. The highest BCUT2D eigenvalue weighted by molar-refractivity contribution is 5.48. The van der Waals surface area contributed by atoms with Crippen LogP contribution in [-0.2, 0) is 16.0 Å². The number of ether oxygens (including phenoxy) is 2. The number of hydrogen-bond donors (Lipinski definition) is 0. The van der Waals surface area contributed by atoms with Gasteiger partial charge in [0.2, 0.25) is 6.41 Å². The minimum Gasteiger partial charge on any atom is -0.497 e. The number of aryl methyl sites for hydroxylation is 1. The summed E-state index contributed by atoms with van der Waals surface area (Å²) < 4.78 is 10.9. The fourth-order valence-electron chi connectivity index (χ4n) is 6.98. The van der Waals surface area contributed by atoms with Crippen LogP contribution in [-0.4, -0.2) is 44.2 Å². The molecule has 29 heavy (non-hydrogen) atoms. The van der Waals surface area contributed by atoms with E-state index in [0.29, 0.717) is 12.0 Å². The number of carbonyl (C=O) groups excluding carboxylic acids is 1. The van der Waals surface area contributed by atoms with Crippen LogP contribution in [0.2, 0.25) is 0 Å². The van der Waals surface area contributed by atoms with Crippen molar-refractivity contribution in [3.8, 4) is 5.75 Å². The summed E-state index contributed by atoms with van der Waals surface area (Å²) in [4.78, 5) is 14.1. The molecule has 0 spiro atoms. The molecule has 4 nitrogen and oxygen atoms in total. The van der Waals surface area contributed by atoms with Crippen molar-refractivity contribution in [3.05, 3.63) is 29.3 Å². The number of rotatable bonds is 8. The molecule has 1 aromatic carbocycles. The predicted octanol–water partition coefficient (Wildman–Crippen LogP) is 4.80. The molecule has 5 atom stereocenters. The molecule has 0 bridgehead atoms. The molecule has 3 aliphatic rings. The van der Waals surface area contributed by atoms with Crippen molar-refractivity contribution in [2.75, 3.05) is 26.9 Å². The molecule has 0 aliphatic heterocycles. The Bertz CT molecular complexity index is 720. The van der Waals surface area contributed by atoms with Gasteiger partial charge in [0, 0.05) is 25.8 Å². The van der Waals surface area contributed by atoms with E-state index >= 15 is 0 Å². The minimum atomic E-state index is 0.262. The summed E-state index contributed by atoms with van der Waals surface area (Å²) in [5.41, 5.74) is 3.32. The fraction of sp³-hybridized carbons (Fsp3) is 0.720. The zero-order valence-corrected chi connectivity index (χ0v) is 18.4. The van der Waals surface area contributed by atoms with E-state index in [0.717, 1.165) is 63.0 Å². The molecule has 1 amide bonds. The SMILES string of the molecule is CCOCCCN(C=O)[C@H]1CC[C@H]2[C@@H]3CCc4cc(OC)ccc4[C@H]3CC[C@]12C. The van der Waals surface area contributed by atoms with E-state index in [1.165, 1.54) is 31.2 Å². The van der Waals surface area contributed by atoms with Crippen LogP contribution in [0.3, 0.4) is 0 Å². The molecular formula is C25H37NO3. The van der Waals surface area contributed by atoms with E-state index in [4.69, 9.17) is 9.47 Å². The zero-order valence-electron chi connectivity index (χ0n) is 18.4. The van der Waals surface area contributed by atoms with Crippen molar-refractivity contribution >= 4 is 6.41 Å². The Morgan fingerprint density at radius 3 is 2.86 bits per heavy atom. The van der Waals surface area contributed by atoms with Crippen molar-refractivity contribution in [1.82, 2.24) is 4.90 Å². The average molecular weight is 400 g/mol. The molecule has 0 unspecified atom stereocenters. The number of hydrogen-bond acceptors (Lipinski definition) is 3. The minimum absolute atomic E-state index is 0.262. The van der Waals surface area contributed by atoms with Crippen molar-refractivity contribution in [3.63, 3.8) is 0 Å². The molecule has 0 saturated heterocycles. The lowest BCUT2D eigenvalue weighted by Gasteiger charge is -2.52. The summed E-state index contributed by atoms with van der Waals surface area (Å²) in [6.07, 6.45) is 9.39. The molecule has 0 radical (unpaired) electrons. The summed E-state index contributed by atoms with van der Waals surface area (Å²) in [6, 6.07) is 7.11. The molecule has 160 valence electrons. The van der Waals surface area contributed by atoms with Gasteiger partial charge >= 0.3 is 0 Å². The first-order valence-corrected chi connectivity index (χ1v) is 11.6. The molecule has 4 heteroatoms. The maximum atomic E-state index is 12.0. The Morgan fingerprint density at radius 2 is 2.10 bits per heavy atom. The topological polar surface area (TPSA) is 38.8 Å². The number of benzene rings is 1. The zero-order chi connectivity index (χ0) is 20.4. The fourth-order valence-corrected chi connectivity index (χ4v) is 6.98. The van der Waals surface area contributed by atoms with Gasteiger partial charge in [-0.2, -0.15) is 0 Å². The Kier molecular flexibility index (Phi) is 6.19. The first-order chi connectivity index (χ1) is 14.1. The van der Waals surface area contributed by atoms with Gasteiger partial charge in [0.15, 0.2) is 0 Å². The van der Waals surface area contributed by atoms with Gasteiger partial charge in [-0.25, -0.2) is 0 Å². The van der Waals surface area contributed by atoms with E-state index in [2.05, 4.69) is 30.0 Å². The first kappa shape index (κ1) is 20.7. The van der Waals surface area contributed by atoms with Gasteiger partial charge in [-0.1, -0.05) is 13.0 Å². The Balaban J connectivity index is 1.50. The maximum absolute atomic E-state index is 12.0. The normalized spacial score (nSPS) is 32.8. The Morgan fingerprint density at radius 1 is 1.24 bits per heavy atom. The highest BCUT2D eigenvalue weighted by Crippen LogP contribution is 2.61. The summed E-state index contributed by atoms with van der Waals surface area (Å²) in [6.45, 7) is 6.83. The van der Waals surface area contributed by atoms with Crippen molar-refractivity contribution < 1.29 is 14.3 Å². The second-order valence-electron chi connectivity index (χ2n) is 9.51. The molecule has 3 aliphatic carbocycles. The molecule has 2 fully saturated rings. The van der Waals surface area contributed by atoms with E-state index in [1.54, 1.807) is 12.7 Å². The van der Waals surface area contributed by atoms with Crippen LogP contribution in [0.5, 0.6) is 5.75 Å². The lowest BCUT2D eigenvalue weighted by molar-refractivity contribution is -0.124. The number of carbonyl (C=O) groups is 1. The van der Waals surface area contributed by atoms with Crippen LogP contribution in [0.15, 0.2) is 18.2 Å². The third-order valence-corrected chi connectivity index (χ3v) is 8.33. The average Bonchev–Trinajstić information content (AvgIpc) is 3.10. The molecule has 0 N–H and O–H groups in total. The van der Waals surface area contributed by atoms with E-state index in [-0.39, 0.29) is 5.41 Å². The summed E-state index contributed by atoms with van der Waals surface area (Å²) in [5.74, 6) is 3.16. The van der Waals surface area contributed by atoms with E-state index in [9.17, 15) is 4.79 Å². The lowest BCUT2D eigenvalue weighted by Crippen LogP contribution is -2.50. The molecular weight excluding hydrogens is 362 g/mol. The predicted molar refractivity (Wildman–Crippen MR) is 115 cm³/mol. The lowest BCUT2D eigenvalue weighted by atomic mass is 9.55. The Labute approximate surface area is 175 Å².